The lowest BCUT2D eigenvalue weighted by atomic mass is 10.5. The summed E-state index contributed by atoms with van der Waals surface area (Å²) in [6, 6.07) is 3.73. The number of nitrogens with two attached hydrogens (primary N) is 1. The quantitative estimate of drug-likeness (QED) is 0.767. The Morgan fingerprint density at radius 1 is 1.58 bits per heavy atom. The van der Waals surface area contributed by atoms with Crippen molar-refractivity contribution in [2.75, 3.05) is 0 Å². The average molecular weight is 180 g/mol. The molecule has 0 saturated carbocycles. The van der Waals surface area contributed by atoms with Crippen LogP contribution in [0.2, 0.25) is 0 Å². The molecule has 2 heterocycles. The molecule has 2 aromatic rings. The monoisotopic (exact) mass is 180 g/mol. The maximum Gasteiger partial charge on any atom is 0.162 e. The Labute approximate surface area is 73.8 Å². The zero-order chi connectivity index (χ0) is 8.39. The molecular formula is C8H8N2OS. The molecule has 4 heteroatoms. The van der Waals surface area contributed by atoms with Crippen molar-refractivity contribution in [1.82, 2.24) is 4.98 Å². The van der Waals surface area contributed by atoms with E-state index in [1.165, 1.54) is 0 Å². The Balaban J connectivity index is 2.35. The molecule has 0 radical (unpaired) electrons. The van der Waals surface area contributed by atoms with Crippen molar-refractivity contribution in [3.63, 3.8) is 0 Å². The minimum absolute atomic E-state index is 0.540. The van der Waals surface area contributed by atoms with E-state index in [-0.39, 0.29) is 0 Å². The number of aromatic nitrogens is 1. The summed E-state index contributed by atoms with van der Waals surface area (Å²) in [4.78, 5) is 5.24. The van der Waals surface area contributed by atoms with Crippen LogP contribution in [0.3, 0.4) is 0 Å². The molecular weight excluding hydrogens is 172 g/mol. The molecule has 0 spiro atoms. The van der Waals surface area contributed by atoms with Crippen LogP contribution in [0.15, 0.2) is 29.0 Å². The van der Waals surface area contributed by atoms with Crippen LogP contribution in [-0.2, 0) is 6.54 Å². The molecule has 62 valence electrons. The molecule has 2 aromatic heterocycles. The third-order valence-corrected chi connectivity index (χ3v) is 2.52. The maximum atomic E-state index is 5.46. The molecule has 0 aromatic carbocycles. The molecule has 3 nitrogen and oxygen atoms in total. The van der Waals surface area contributed by atoms with Gasteiger partial charge in [0.05, 0.1) is 6.26 Å². The highest BCUT2D eigenvalue weighted by Crippen LogP contribution is 2.24. The van der Waals surface area contributed by atoms with E-state index in [1.54, 1.807) is 23.8 Å². The minimum Gasteiger partial charge on any atom is -0.462 e. The molecule has 0 saturated heterocycles. The van der Waals surface area contributed by atoms with Gasteiger partial charge < -0.3 is 10.2 Å². The standard InChI is InChI=1S/C8H8N2OS/c9-4-6-5-10-8(12-6)7-2-1-3-11-7/h1-3,5H,4,9H2. The molecule has 0 fully saturated rings. The fourth-order valence-electron chi connectivity index (χ4n) is 0.916. The first-order valence-electron chi connectivity index (χ1n) is 3.59. The van der Waals surface area contributed by atoms with Gasteiger partial charge >= 0.3 is 0 Å². The lowest BCUT2D eigenvalue weighted by Gasteiger charge is -1.85. The molecule has 0 amide bonds. The number of hydrogen-bond acceptors (Lipinski definition) is 4. The summed E-state index contributed by atoms with van der Waals surface area (Å²) >= 11 is 1.56. The van der Waals surface area contributed by atoms with Gasteiger partial charge in [0.25, 0.3) is 0 Å². The zero-order valence-electron chi connectivity index (χ0n) is 6.36. The van der Waals surface area contributed by atoms with E-state index < -0.39 is 0 Å². The fraction of sp³-hybridized carbons (Fsp3) is 0.125. The van der Waals surface area contributed by atoms with Gasteiger partial charge in [0, 0.05) is 17.6 Å². The Hall–Kier alpha value is -1.13. The molecule has 0 aliphatic heterocycles. The number of nitrogens with zero attached hydrogens (tertiary/aromatic N) is 1. The van der Waals surface area contributed by atoms with Gasteiger partial charge in [-0.1, -0.05) is 0 Å². The van der Waals surface area contributed by atoms with Gasteiger partial charge in [-0.05, 0) is 12.1 Å². The van der Waals surface area contributed by atoms with Crippen molar-refractivity contribution in [2.24, 2.45) is 5.73 Å². The molecule has 2 rings (SSSR count). The lowest BCUT2D eigenvalue weighted by molar-refractivity contribution is 0.582. The largest absolute Gasteiger partial charge is 0.462 e. The van der Waals surface area contributed by atoms with Gasteiger partial charge in [-0.3, -0.25) is 0 Å². The summed E-state index contributed by atoms with van der Waals surface area (Å²) in [6.07, 6.45) is 3.42. The van der Waals surface area contributed by atoms with Gasteiger partial charge in [-0.2, -0.15) is 0 Å². The smallest absolute Gasteiger partial charge is 0.162 e. The van der Waals surface area contributed by atoms with Gasteiger partial charge in [-0.15, -0.1) is 11.3 Å². The van der Waals surface area contributed by atoms with Gasteiger partial charge in [0.15, 0.2) is 10.8 Å². The van der Waals surface area contributed by atoms with E-state index in [0.717, 1.165) is 15.6 Å². The number of furan rings is 1. The summed E-state index contributed by atoms with van der Waals surface area (Å²) in [7, 11) is 0. The predicted molar refractivity (Wildman–Crippen MR) is 47.7 cm³/mol. The van der Waals surface area contributed by atoms with Crippen LogP contribution in [0, 0.1) is 0 Å². The number of hydrogen-bond donors (Lipinski definition) is 1. The van der Waals surface area contributed by atoms with E-state index >= 15 is 0 Å². The fourth-order valence-corrected chi connectivity index (χ4v) is 1.68. The first-order chi connectivity index (χ1) is 5.90. The molecule has 0 atom stereocenters. The molecule has 0 bridgehead atoms. The topological polar surface area (TPSA) is 52.0 Å². The Kier molecular flexibility index (Phi) is 1.93. The number of rotatable bonds is 2. The molecule has 2 N–H and O–H groups in total. The summed E-state index contributed by atoms with van der Waals surface area (Å²) in [5, 5.41) is 0.889. The number of thiazole rings is 1. The normalized spacial score (nSPS) is 10.4. The van der Waals surface area contributed by atoms with Crippen LogP contribution >= 0.6 is 11.3 Å². The van der Waals surface area contributed by atoms with Gasteiger partial charge in [-0.25, -0.2) is 4.98 Å². The van der Waals surface area contributed by atoms with Crippen LogP contribution in [0.25, 0.3) is 10.8 Å². The SMILES string of the molecule is NCc1cnc(-c2ccco2)s1. The van der Waals surface area contributed by atoms with E-state index in [1.807, 2.05) is 12.1 Å². The third kappa shape index (κ3) is 1.26. The van der Waals surface area contributed by atoms with E-state index in [0.29, 0.717) is 6.54 Å². The van der Waals surface area contributed by atoms with Crippen molar-refractivity contribution in [1.29, 1.82) is 0 Å². The highest BCUT2D eigenvalue weighted by atomic mass is 32.1. The van der Waals surface area contributed by atoms with Gasteiger partial charge in [0.1, 0.15) is 0 Å². The highest BCUT2D eigenvalue weighted by Gasteiger charge is 2.04. The first-order valence-corrected chi connectivity index (χ1v) is 4.40. The first kappa shape index (κ1) is 7.52. The molecule has 12 heavy (non-hydrogen) atoms. The van der Waals surface area contributed by atoms with Crippen LogP contribution in [0.5, 0.6) is 0 Å². The van der Waals surface area contributed by atoms with E-state index in [2.05, 4.69) is 4.98 Å². The van der Waals surface area contributed by atoms with Crippen LogP contribution < -0.4 is 5.73 Å². The molecule has 0 aliphatic rings. The average Bonchev–Trinajstić information content (AvgIpc) is 2.75. The Morgan fingerprint density at radius 2 is 2.50 bits per heavy atom. The predicted octanol–water partition coefficient (Wildman–Crippen LogP) is 1.86. The zero-order valence-corrected chi connectivity index (χ0v) is 7.17. The maximum absolute atomic E-state index is 5.46. The van der Waals surface area contributed by atoms with Crippen LogP contribution in [0.4, 0.5) is 0 Å². The van der Waals surface area contributed by atoms with Crippen molar-refractivity contribution < 1.29 is 4.42 Å². The molecule has 0 unspecified atom stereocenters. The summed E-state index contributed by atoms with van der Waals surface area (Å²) in [5.74, 6) is 0.805. The summed E-state index contributed by atoms with van der Waals surface area (Å²) < 4.78 is 5.18. The lowest BCUT2D eigenvalue weighted by Crippen LogP contribution is -1.91. The van der Waals surface area contributed by atoms with Crippen molar-refractivity contribution in [2.45, 2.75) is 6.54 Å². The van der Waals surface area contributed by atoms with Crippen molar-refractivity contribution in [3.8, 4) is 10.8 Å². The Morgan fingerprint density at radius 3 is 3.08 bits per heavy atom. The van der Waals surface area contributed by atoms with Gasteiger partial charge in [0.2, 0.25) is 0 Å². The second-order valence-electron chi connectivity index (χ2n) is 2.31. The van der Waals surface area contributed by atoms with Crippen molar-refractivity contribution >= 4 is 11.3 Å². The second kappa shape index (κ2) is 3.08. The van der Waals surface area contributed by atoms with Crippen LogP contribution in [-0.4, -0.2) is 4.98 Å². The minimum atomic E-state index is 0.540. The second-order valence-corrected chi connectivity index (χ2v) is 3.43. The van der Waals surface area contributed by atoms with E-state index in [4.69, 9.17) is 10.2 Å². The highest BCUT2D eigenvalue weighted by molar-refractivity contribution is 7.14. The third-order valence-electron chi connectivity index (χ3n) is 1.49. The Bertz CT molecular complexity index is 353. The summed E-state index contributed by atoms with van der Waals surface area (Å²) in [5.41, 5.74) is 5.46. The van der Waals surface area contributed by atoms with Crippen LogP contribution in [0.1, 0.15) is 4.88 Å². The van der Waals surface area contributed by atoms with Crippen molar-refractivity contribution in [3.05, 3.63) is 29.5 Å². The van der Waals surface area contributed by atoms with E-state index in [9.17, 15) is 0 Å². The summed E-state index contributed by atoms with van der Waals surface area (Å²) in [6.45, 7) is 0.540. The molecule has 0 aliphatic carbocycles.